The molecular formula is C14H17N5O2S. The third-order valence-corrected chi connectivity index (χ3v) is 4.50. The van der Waals surface area contributed by atoms with E-state index in [-0.39, 0.29) is 5.69 Å². The number of nitrogens with two attached hydrogens (primary N) is 1. The maximum atomic E-state index is 11.3. The Balaban J connectivity index is 1.67. The molecule has 3 rings (SSSR count). The predicted molar refractivity (Wildman–Crippen MR) is 85.8 cm³/mol. The van der Waals surface area contributed by atoms with Gasteiger partial charge in [-0.05, 0) is 24.3 Å². The summed E-state index contributed by atoms with van der Waals surface area (Å²) in [6, 6.07) is 8.02. The maximum absolute atomic E-state index is 11.3. The molecule has 8 heteroatoms. The Bertz CT molecular complexity index is 650. The molecule has 1 aromatic heterocycles. The van der Waals surface area contributed by atoms with Crippen LogP contribution in [0.2, 0.25) is 0 Å². The summed E-state index contributed by atoms with van der Waals surface area (Å²) < 4.78 is 9.01. The van der Waals surface area contributed by atoms with Crippen molar-refractivity contribution < 1.29 is 9.53 Å². The van der Waals surface area contributed by atoms with Crippen LogP contribution in [0, 0.1) is 0 Å². The van der Waals surface area contributed by atoms with Crippen LogP contribution in [0.1, 0.15) is 10.5 Å². The third kappa shape index (κ3) is 2.82. The normalized spacial score (nSPS) is 15.0. The summed E-state index contributed by atoms with van der Waals surface area (Å²) in [6.07, 6.45) is 0. The fourth-order valence-corrected chi connectivity index (χ4v) is 3.23. The highest BCUT2D eigenvalue weighted by molar-refractivity contribution is 7.10. The zero-order chi connectivity index (χ0) is 15.5. The standard InChI is InChI=1S/C14H17N5O2S/c1-21-11-4-2-10(3-5-11)18-6-8-19(9-7-18)14-12(13(15)20)16-17-22-14/h2-5H,6-9H2,1H3,(H2,15,20). The molecule has 1 amide bonds. The van der Waals surface area contributed by atoms with Crippen LogP contribution in [0.5, 0.6) is 5.75 Å². The van der Waals surface area contributed by atoms with Gasteiger partial charge in [0.25, 0.3) is 5.91 Å². The van der Waals surface area contributed by atoms with Crippen LogP contribution in [0.25, 0.3) is 0 Å². The average molecular weight is 319 g/mol. The van der Waals surface area contributed by atoms with Gasteiger partial charge in [0.1, 0.15) is 10.8 Å². The SMILES string of the molecule is COc1ccc(N2CCN(c3snnc3C(N)=O)CC2)cc1. The number of hydrogen-bond acceptors (Lipinski definition) is 7. The van der Waals surface area contributed by atoms with Gasteiger partial charge in [0.2, 0.25) is 0 Å². The molecule has 0 spiro atoms. The summed E-state index contributed by atoms with van der Waals surface area (Å²) in [5.74, 6) is 0.325. The fourth-order valence-electron chi connectivity index (χ4n) is 2.51. The van der Waals surface area contributed by atoms with Crippen LogP contribution < -0.4 is 20.3 Å². The number of carbonyl (C=O) groups excluding carboxylic acids is 1. The molecule has 0 aliphatic carbocycles. The molecule has 2 N–H and O–H groups in total. The van der Waals surface area contributed by atoms with Crippen molar-refractivity contribution in [3.63, 3.8) is 0 Å². The Morgan fingerprint density at radius 2 is 1.82 bits per heavy atom. The van der Waals surface area contributed by atoms with E-state index in [1.54, 1.807) is 7.11 Å². The van der Waals surface area contributed by atoms with Crippen LogP contribution in [-0.4, -0.2) is 48.8 Å². The second-order valence-electron chi connectivity index (χ2n) is 4.96. The topological polar surface area (TPSA) is 84.6 Å². The number of primary amides is 1. The van der Waals surface area contributed by atoms with E-state index in [4.69, 9.17) is 10.5 Å². The zero-order valence-corrected chi connectivity index (χ0v) is 13.0. The van der Waals surface area contributed by atoms with Crippen molar-refractivity contribution in [3.05, 3.63) is 30.0 Å². The van der Waals surface area contributed by atoms with E-state index < -0.39 is 5.91 Å². The smallest absolute Gasteiger partial charge is 0.272 e. The summed E-state index contributed by atoms with van der Waals surface area (Å²) in [5, 5.41) is 4.58. The first-order chi connectivity index (χ1) is 10.7. The number of hydrogen-bond donors (Lipinski definition) is 1. The van der Waals surface area contributed by atoms with E-state index in [9.17, 15) is 4.79 Å². The van der Waals surface area contributed by atoms with E-state index in [0.29, 0.717) is 0 Å². The number of aromatic nitrogens is 2. The van der Waals surface area contributed by atoms with Gasteiger partial charge < -0.3 is 20.3 Å². The molecule has 1 aromatic carbocycles. The summed E-state index contributed by atoms with van der Waals surface area (Å²) in [4.78, 5) is 15.8. The number of benzene rings is 1. The van der Waals surface area contributed by atoms with E-state index >= 15 is 0 Å². The highest BCUT2D eigenvalue weighted by Gasteiger charge is 2.24. The molecule has 22 heavy (non-hydrogen) atoms. The first-order valence-corrected chi connectivity index (χ1v) is 7.72. The number of piperazine rings is 1. The van der Waals surface area contributed by atoms with Gasteiger partial charge in [0.05, 0.1) is 7.11 Å². The van der Waals surface area contributed by atoms with Crippen LogP contribution in [0.4, 0.5) is 10.7 Å². The van der Waals surface area contributed by atoms with Crippen LogP contribution in [-0.2, 0) is 0 Å². The number of anilines is 2. The molecular weight excluding hydrogens is 302 g/mol. The molecule has 0 atom stereocenters. The van der Waals surface area contributed by atoms with Gasteiger partial charge in [0, 0.05) is 43.4 Å². The third-order valence-electron chi connectivity index (χ3n) is 3.71. The molecule has 2 aromatic rings. The minimum absolute atomic E-state index is 0.267. The summed E-state index contributed by atoms with van der Waals surface area (Å²) in [7, 11) is 1.66. The lowest BCUT2D eigenvalue weighted by molar-refractivity contribution is 0.0996. The lowest BCUT2D eigenvalue weighted by atomic mass is 10.2. The van der Waals surface area contributed by atoms with Gasteiger partial charge in [-0.15, -0.1) is 5.10 Å². The number of carbonyl (C=O) groups is 1. The van der Waals surface area contributed by atoms with Crippen molar-refractivity contribution in [1.29, 1.82) is 0 Å². The molecule has 0 radical (unpaired) electrons. The van der Waals surface area contributed by atoms with Crippen LogP contribution in [0.3, 0.4) is 0 Å². The highest BCUT2D eigenvalue weighted by Crippen LogP contribution is 2.26. The maximum Gasteiger partial charge on any atom is 0.272 e. The minimum atomic E-state index is -0.527. The monoisotopic (exact) mass is 319 g/mol. The molecule has 1 aliphatic rings. The molecule has 2 heterocycles. The Morgan fingerprint density at radius 3 is 2.41 bits per heavy atom. The Kier molecular flexibility index (Phi) is 4.10. The Morgan fingerprint density at radius 1 is 1.18 bits per heavy atom. The summed E-state index contributed by atoms with van der Waals surface area (Å²) in [5.41, 5.74) is 6.76. The second-order valence-corrected chi connectivity index (χ2v) is 5.70. The largest absolute Gasteiger partial charge is 0.497 e. The second kappa shape index (κ2) is 6.18. The number of rotatable bonds is 4. The van der Waals surface area contributed by atoms with Crippen molar-refractivity contribution in [1.82, 2.24) is 9.59 Å². The van der Waals surface area contributed by atoms with Gasteiger partial charge in [-0.2, -0.15) is 0 Å². The van der Waals surface area contributed by atoms with Gasteiger partial charge in [-0.1, -0.05) is 4.49 Å². The van der Waals surface area contributed by atoms with E-state index in [0.717, 1.165) is 42.6 Å². The van der Waals surface area contributed by atoms with E-state index in [2.05, 4.69) is 31.5 Å². The van der Waals surface area contributed by atoms with Gasteiger partial charge in [0.15, 0.2) is 5.69 Å². The zero-order valence-electron chi connectivity index (χ0n) is 12.2. The van der Waals surface area contributed by atoms with Crippen molar-refractivity contribution in [2.45, 2.75) is 0 Å². The Hall–Kier alpha value is -2.35. The number of ether oxygens (including phenoxy) is 1. The van der Waals surface area contributed by atoms with Crippen LogP contribution in [0.15, 0.2) is 24.3 Å². The van der Waals surface area contributed by atoms with Crippen molar-refractivity contribution >= 4 is 28.1 Å². The van der Waals surface area contributed by atoms with Crippen molar-refractivity contribution in [2.75, 3.05) is 43.1 Å². The number of methoxy groups -OCH3 is 1. The van der Waals surface area contributed by atoms with Crippen molar-refractivity contribution in [3.8, 4) is 5.75 Å². The number of amides is 1. The van der Waals surface area contributed by atoms with E-state index in [1.165, 1.54) is 11.5 Å². The molecule has 0 saturated carbocycles. The highest BCUT2D eigenvalue weighted by atomic mass is 32.1. The van der Waals surface area contributed by atoms with E-state index in [1.807, 2.05) is 12.1 Å². The van der Waals surface area contributed by atoms with Gasteiger partial charge >= 0.3 is 0 Å². The predicted octanol–water partition coefficient (Wildman–Crippen LogP) is 0.972. The average Bonchev–Trinajstić information content (AvgIpc) is 3.05. The molecule has 1 aliphatic heterocycles. The minimum Gasteiger partial charge on any atom is -0.497 e. The Labute approximate surface area is 132 Å². The molecule has 0 bridgehead atoms. The quantitative estimate of drug-likeness (QED) is 0.904. The first kappa shape index (κ1) is 14.6. The summed E-state index contributed by atoms with van der Waals surface area (Å²) >= 11 is 1.22. The van der Waals surface area contributed by atoms with Gasteiger partial charge in [-0.3, -0.25) is 4.79 Å². The van der Waals surface area contributed by atoms with Gasteiger partial charge in [-0.25, -0.2) is 0 Å². The molecule has 0 unspecified atom stereocenters. The molecule has 7 nitrogen and oxygen atoms in total. The van der Waals surface area contributed by atoms with Crippen LogP contribution >= 0.6 is 11.5 Å². The number of nitrogens with zero attached hydrogens (tertiary/aromatic N) is 4. The van der Waals surface area contributed by atoms with Crippen molar-refractivity contribution in [2.24, 2.45) is 5.73 Å². The molecule has 1 fully saturated rings. The first-order valence-electron chi connectivity index (χ1n) is 6.95. The lowest BCUT2D eigenvalue weighted by Crippen LogP contribution is -2.46. The fraction of sp³-hybridized carbons (Fsp3) is 0.357. The lowest BCUT2D eigenvalue weighted by Gasteiger charge is -2.36. The molecule has 116 valence electrons. The molecule has 1 saturated heterocycles. The summed E-state index contributed by atoms with van der Waals surface area (Å²) in [6.45, 7) is 3.33.